The van der Waals surface area contributed by atoms with E-state index in [4.69, 9.17) is 25.2 Å². The molecule has 13 aromatic rings. The molecule has 0 bridgehead atoms. The number of hydrogen-bond acceptors (Lipinski definition) is 27. The number of ketones is 4. The molecule has 27 nitrogen and oxygen atoms in total. The zero-order chi connectivity index (χ0) is 98.1. The second-order valence-electron chi connectivity index (χ2n) is 36.8. The van der Waals surface area contributed by atoms with Gasteiger partial charge in [0.05, 0.1) is 69.4 Å². The van der Waals surface area contributed by atoms with Crippen LogP contribution in [0.2, 0.25) is 0 Å². The molecule has 0 saturated carbocycles. The van der Waals surface area contributed by atoms with Gasteiger partial charge in [0.15, 0.2) is 23.3 Å². The lowest BCUT2D eigenvalue weighted by Gasteiger charge is -2.32. The first-order valence-corrected chi connectivity index (χ1v) is 51.1. The van der Waals surface area contributed by atoms with Crippen LogP contribution in [-0.2, 0) is 25.6 Å². The van der Waals surface area contributed by atoms with Crippen LogP contribution in [0.15, 0.2) is 141 Å². The highest BCUT2D eigenvalue weighted by Crippen LogP contribution is 2.46. The summed E-state index contributed by atoms with van der Waals surface area (Å²) in [4.78, 5) is 84.9. The van der Waals surface area contributed by atoms with Gasteiger partial charge in [0.25, 0.3) is 0 Å². The molecular weight excluding hydrogens is 1810 g/mol. The summed E-state index contributed by atoms with van der Waals surface area (Å²) in [6.07, 6.45) is 10.6. The Labute approximate surface area is 828 Å². The van der Waals surface area contributed by atoms with Crippen molar-refractivity contribution in [3.8, 4) is 44.3 Å². The fourth-order valence-corrected chi connectivity index (χ4v) is 23.6. The molecule has 8 aromatic heterocycles. The van der Waals surface area contributed by atoms with Gasteiger partial charge in [0.1, 0.15) is 90.6 Å². The van der Waals surface area contributed by atoms with E-state index in [9.17, 15) is 35.0 Å². The van der Waals surface area contributed by atoms with E-state index in [0.717, 1.165) is 217 Å². The molecule has 0 radical (unpaired) electrons. The zero-order valence-electron chi connectivity index (χ0n) is 81.7. The third-order valence-corrected chi connectivity index (χ3v) is 31.8. The highest BCUT2D eigenvalue weighted by atomic mass is 32.1. The first-order chi connectivity index (χ1) is 67.1. The monoisotopic (exact) mass is 1930 g/mol. The Kier molecular flexibility index (Phi) is 31.1. The summed E-state index contributed by atoms with van der Waals surface area (Å²) in [5.41, 5.74) is 20.5. The van der Waals surface area contributed by atoms with E-state index in [0.29, 0.717) is 78.8 Å². The summed E-state index contributed by atoms with van der Waals surface area (Å²) in [7, 11) is 2.17. The molecule has 0 unspecified atom stereocenters. The topological polar surface area (TPSA) is 345 Å². The van der Waals surface area contributed by atoms with Gasteiger partial charge in [0.2, 0.25) is 0 Å². The second-order valence-corrected chi connectivity index (χ2v) is 41.7. The third kappa shape index (κ3) is 21.6. The molecule has 2 fully saturated rings. The Balaban J connectivity index is 0.000000134. The van der Waals surface area contributed by atoms with Crippen LogP contribution in [0.3, 0.4) is 0 Å². The van der Waals surface area contributed by atoms with Gasteiger partial charge < -0.3 is 14.7 Å². The number of benzene rings is 5. The number of thiophene rings is 4. The normalized spacial score (nSPS) is 16.3. The van der Waals surface area contributed by atoms with Crippen molar-refractivity contribution in [1.82, 2.24) is 73.8 Å². The van der Waals surface area contributed by atoms with E-state index in [1.807, 2.05) is 139 Å². The van der Waals surface area contributed by atoms with Crippen LogP contribution in [-0.4, -0.2) is 179 Å². The minimum Gasteiger partial charge on any atom is -0.304 e. The number of unbranched alkanes of at least 4 members (excludes halogenated alkanes) is 1. The van der Waals surface area contributed by atoms with Crippen molar-refractivity contribution in [2.24, 2.45) is 20.0 Å². The van der Waals surface area contributed by atoms with Gasteiger partial charge in [-0.05, 0) is 238 Å². The van der Waals surface area contributed by atoms with Crippen LogP contribution in [0.4, 0.5) is 0 Å². The quantitative estimate of drug-likeness (QED) is 0.0480. The summed E-state index contributed by atoms with van der Waals surface area (Å²) >= 11 is 6.80. The van der Waals surface area contributed by atoms with Gasteiger partial charge in [-0.2, -0.15) is 21.0 Å². The molecule has 31 heteroatoms. The van der Waals surface area contributed by atoms with Crippen LogP contribution in [0, 0.1) is 135 Å². The van der Waals surface area contributed by atoms with E-state index in [2.05, 4.69) is 160 Å². The summed E-state index contributed by atoms with van der Waals surface area (Å²) in [5, 5.41) is 76.5. The van der Waals surface area contributed by atoms with Crippen molar-refractivity contribution in [2.45, 2.75) is 217 Å². The number of nitriles is 4. The Morgan fingerprint density at radius 1 is 0.338 bits per heavy atom. The minimum absolute atomic E-state index is 0.104. The molecule has 0 amide bonds. The van der Waals surface area contributed by atoms with Gasteiger partial charge >= 0.3 is 0 Å². The molecule has 19 rings (SSSR count). The Bertz CT molecular complexity index is 7100. The molecular formula is C108H115N23O4S4. The molecule has 0 N–H and O–H groups in total. The van der Waals surface area contributed by atoms with Crippen molar-refractivity contribution in [3.63, 3.8) is 0 Å². The van der Waals surface area contributed by atoms with Crippen molar-refractivity contribution in [3.05, 3.63) is 288 Å². The predicted octanol–water partition coefficient (Wildman–Crippen LogP) is 19.9. The highest BCUT2D eigenvalue weighted by Gasteiger charge is 2.39. The standard InChI is InChI=1S/C29H35N7OS.C28H32N6OS.C28H25N5OS.C23H23N5OS/c1-19-20(2)38-29-26(19)27(23-10-8-22(18-30)9-11-23)31-25(28-33-32-21(3)36(28)29)17-24(37)7-5-6-12-35-15-13-34(4)14-16-35;1-18-19(2)36-28-25(18)26(22-11-9-21(17-29)10-12-22)30-24(27-32-31-20(3)34(27)28)16-23(35)8-7-15-33-13-5-4-6-14-33;1-16-5-7-20(8-6-16)13-23(34)14-24-27-32-31-19(4)33(27)28-25(17(2)18(3)35-28)26(30-24)22-11-9-21(15-29)10-12-22;1-5-6-18(29)11-19-22-27-26-15(4)28(22)23-20(13(2)14(3)30-23)21(25-19)17-9-7-16(12-24)8-10-17/h8-11,25H,5-7,12-17H2,1-4H3;9-12,24H,4-8,13-16H2,1-3H3;5-12,24H,13-14H2,1-4H3;7-10,19H,5-6,11H2,1-4H3/t25-;2*24-;19-/m0000/s1. The number of likely N-dealkylation sites (N-methyl/N-ethyl adjacent to an activating group) is 1. The lowest BCUT2D eigenvalue weighted by atomic mass is 9.98. The number of likely N-dealkylation sites (tertiary alicyclic amines) is 1. The molecule has 6 aliphatic heterocycles. The lowest BCUT2D eigenvalue weighted by molar-refractivity contribution is -0.120. The maximum Gasteiger partial charge on any atom is 0.163 e. The largest absolute Gasteiger partial charge is 0.304 e. The zero-order valence-corrected chi connectivity index (χ0v) is 84.9. The smallest absolute Gasteiger partial charge is 0.163 e. The summed E-state index contributed by atoms with van der Waals surface area (Å²) in [5.74, 6) is 6.70. The Morgan fingerprint density at radius 2 is 0.626 bits per heavy atom. The van der Waals surface area contributed by atoms with Crippen LogP contribution >= 0.6 is 45.3 Å². The van der Waals surface area contributed by atoms with Gasteiger partial charge in [-0.3, -0.25) is 57.4 Å². The summed E-state index contributed by atoms with van der Waals surface area (Å²) < 4.78 is 8.30. The van der Waals surface area contributed by atoms with Crippen LogP contribution < -0.4 is 0 Å². The fourth-order valence-electron chi connectivity index (χ4n) is 18.8. The number of aromatic nitrogens is 12. The summed E-state index contributed by atoms with van der Waals surface area (Å²) in [6.45, 7) is 37.5. The summed E-state index contributed by atoms with van der Waals surface area (Å²) in [6, 6.07) is 45.1. The number of fused-ring (bicyclic) bond motifs is 12. The molecule has 139 heavy (non-hydrogen) atoms. The first kappa shape index (κ1) is 98.7. The Hall–Kier alpha value is -13.3. The third-order valence-electron chi connectivity index (χ3n) is 27.0. The number of carbonyl (C=O) groups is 4. The second kappa shape index (κ2) is 43.8. The highest BCUT2D eigenvalue weighted by molar-refractivity contribution is 7.16. The van der Waals surface area contributed by atoms with E-state index in [1.54, 1.807) is 69.6 Å². The fraction of sp³-hybridized carbons (Fsp3) is 0.389. The molecule has 14 heterocycles. The van der Waals surface area contributed by atoms with Gasteiger partial charge in [-0.15, -0.1) is 86.1 Å². The van der Waals surface area contributed by atoms with E-state index in [-0.39, 0.29) is 29.6 Å². The maximum absolute atomic E-state index is 13.2. The van der Waals surface area contributed by atoms with E-state index >= 15 is 0 Å². The van der Waals surface area contributed by atoms with Gasteiger partial charge in [-0.25, -0.2) is 0 Å². The number of piperazine rings is 1. The molecule has 6 aliphatic rings. The van der Waals surface area contributed by atoms with E-state index < -0.39 is 24.2 Å². The molecule has 2 saturated heterocycles. The predicted molar refractivity (Wildman–Crippen MR) is 548 cm³/mol. The van der Waals surface area contributed by atoms with Crippen LogP contribution in [0.1, 0.15) is 287 Å². The number of hydrogen-bond donors (Lipinski definition) is 0. The number of aryl methyl sites for hydroxylation is 9. The number of piperidine rings is 1. The minimum atomic E-state index is -0.459. The SMILES string of the molecule is CCCC(=O)C[C@@H]1N=C(c2ccc(C#N)cc2)c2c(sc(C)c2C)-n2c(C)nnc21.Cc1ccc(CC(=O)C[C@@H]2N=C(c3ccc(C#N)cc3)c3c(sc(C)c3C)-n3c(C)nnc32)cc1.Cc1sc2c(c1C)C(c1ccc(C#N)cc1)=N[C@@H](CC(=O)CCCCN1CCN(C)CC1)c1nnc(C)n1-2.Cc1sc2c(c1C)C(c1ccc(C#N)cc1)=N[C@@H](CC(=O)CCCN1CCCCC1)c1nnc(C)n1-2. The number of Topliss-reactive ketones (excluding diaryl/α,β-unsaturated/α-hetero) is 4. The van der Waals surface area contributed by atoms with Crippen LogP contribution in [0.5, 0.6) is 0 Å². The molecule has 0 aliphatic carbocycles. The number of nitrogens with zero attached hydrogens (tertiary/aromatic N) is 23. The Morgan fingerprint density at radius 3 is 0.935 bits per heavy atom. The lowest BCUT2D eigenvalue weighted by Crippen LogP contribution is -2.44. The number of aliphatic imine (C=N–C) groups is 4. The van der Waals surface area contributed by atoms with Gasteiger partial charge in [0, 0.05) is 142 Å². The molecule has 0 spiro atoms. The maximum atomic E-state index is 13.2. The van der Waals surface area contributed by atoms with Crippen molar-refractivity contribution in [2.75, 3.05) is 59.4 Å². The van der Waals surface area contributed by atoms with Crippen molar-refractivity contribution in [1.29, 1.82) is 21.0 Å². The number of rotatable bonds is 25. The van der Waals surface area contributed by atoms with Crippen LogP contribution in [0.25, 0.3) is 20.0 Å². The van der Waals surface area contributed by atoms with Crippen molar-refractivity contribution >= 4 is 91.3 Å². The molecule has 5 aromatic carbocycles. The average molecular weight is 1930 g/mol. The van der Waals surface area contributed by atoms with E-state index in [1.165, 1.54) is 55.5 Å². The molecule has 4 atom stereocenters. The van der Waals surface area contributed by atoms with Crippen molar-refractivity contribution < 1.29 is 19.2 Å². The van der Waals surface area contributed by atoms with Gasteiger partial charge in [-0.1, -0.05) is 91.7 Å². The molecule has 710 valence electrons. The number of carbonyl (C=O) groups excluding carboxylic acids is 4. The first-order valence-electron chi connectivity index (χ1n) is 47.8. The average Bonchev–Trinajstić information content (AvgIpc) is 1.60.